The van der Waals surface area contributed by atoms with Crippen LogP contribution in [0.2, 0.25) is 0 Å². The molecule has 2 atom stereocenters. The largest absolute Gasteiger partial charge is 0.330 e. The Kier molecular flexibility index (Phi) is 2.30. The number of hydrogen-bond acceptors (Lipinski definition) is 1. The van der Waals surface area contributed by atoms with E-state index in [9.17, 15) is 8.78 Å². The summed E-state index contributed by atoms with van der Waals surface area (Å²) in [5.41, 5.74) is 6.12. The maximum absolute atomic E-state index is 13.7. The van der Waals surface area contributed by atoms with E-state index in [4.69, 9.17) is 5.73 Å². The summed E-state index contributed by atoms with van der Waals surface area (Å²) >= 11 is 0. The zero-order valence-electron chi connectivity index (χ0n) is 8.98. The molecular weight excluding hydrogens is 196 g/mol. The molecule has 0 aliphatic heterocycles. The first-order valence-electron chi connectivity index (χ1n) is 5.15. The predicted octanol–water partition coefficient (Wildman–Crippen LogP) is 2.51. The highest BCUT2D eigenvalue weighted by molar-refractivity contribution is 5.36. The molecule has 0 aromatic heterocycles. The zero-order chi connectivity index (χ0) is 11.2. The molecule has 0 heterocycles. The quantitative estimate of drug-likeness (QED) is 0.799. The van der Waals surface area contributed by atoms with Gasteiger partial charge in [0.2, 0.25) is 0 Å². The Morgan fingerprint density at radius 3 is 2.60 bits per heavy atom. The van der Waals surface area contributed by atoms with Gasteiger partial charge in [-0.05, 0) is 54.5 Å². The van der Waals surface area contributed by atoms with Crippen molar-refractivity contribution < 1.29 is 8.78 Å². The third-order valence-corrected chi connectivity index (χ3v) is 3.56. The number of benzene rings is 1. The van der Waals surface area contributed by atoms with Gasteiger partial charge in [0.05, 0.1) is 0 Å². The summed E-state index contributed by atoms with van der Waals surface area (Å²) in [7, 11) is 0. The van der Waals surface area contributed by atoms with Gasteiger partial charge in [0, 0.05) is 0 Å². The molecule has 1 aliphatic rings. The standard InChI is InChI=1S/C12H15F2N/c1-7-3-11(14)9(4-10(7)13)12(2)5-8(12)6-15/h3-4,8H,5-6,15H2,1-2H3. The molecule has 1 aliphatic carbocycles. The van der Waals surface area contributed by atoms with Crippen molar-refractivity contribution in [3.8, 4) is 0 Å². The molecule has 0 amide bonds. The Labute approximate surface area is 88.3 Å². The molecule has 1 fully saturated rings. The first kappa shape index (κ1) is 10.6. The van der Waals surface area contributed by atoms with E-state index < -0.39 is 0 Å². The Bertz CT molecular complexity index is 403. The molecule has 82 valence electrons. The van der Waals surface area contributed by atoms with Gasteiger partial charge in [0.1, 0.15) is 11.6 Å². The summed E-state index contributed by atoms with van der Waals surface area (Å²) in [6.45, 7) is 4.04. The third kappa shape index (κ3) is 1.55. The minimum atomic E-state index is -0.338. The van der Waals surface area contributed by atoms with Crippen LogP contribution in [-0.2, 0) is 5.41 Å². The normalized spacial score (nSPS) is 29.3. The van der Waals surface area contributed by atoms with Crippen LogP contribution >= 0.6 is 0 Å². The molecule has 2 unspecified atom stereocenters. The molecule has 0 radical (unpaired) electrons. The number of aryl methyl sites for hydroxylation is 1. The highest BCUT2D eigenvalue weighted by Gasteiger charge is 2.51. The summed E-state index contributed by atoms with van der Waals surface area (Å²) < 4.78 is 27.0. The zero-order valence-corrected chi connectivity index (χ0v) is 8.98. The summed E-state index contributed by atoms with van der Waals surface area (Å²) in [4.78, 5) is 0. The maximum Gasteiger partial charge on any atom is 0.127 e. The summed E-state index contributed by atoms with van der Waals surface area (Å²) in [6.07, 6.45) is 0.850. The first-order valence-corrected chi connectivity index (χ1v) is 5.15. The average molecular weight is 211 g/mol. The van der Waals surface area contributed by atoms with Crippen molar-refractivity contribution in [2.45, 2.75) is 25.7 Å². The van der Waals surface area contributed by atoms with Crippen molar-refractivity contribution in [2.75, 3.05) is 6.54 Å². The van der Waals surface area contributed by atoms with Crippen LogP contribution in [0.4, 0.5) is 8.78 Å². The fourth-order valence-electron chi connectivity index (χ4n) is 2.21. The van der Waals surface area contributed by atoms with Crippen LogP contribution in [-0.4, -0.2) is 6.54 Å². The lowest BCUT2D eigenvalue weighted by Crippen LogP contribution is -2.14. The van der Waals surface area contributed by atoms with E-state index in [2.05, 4.69) is 0 Å². The second kappa shape index (κ2) is 3.27. The molecule has 1 saturated carbocycles. The lowest BCUT2D eigenvalue weighted by atomic mass is 9.93. The van der Waals surface area contributed by atoms with Crippen LogP contribution < -0.4 is 5.73 Å². The highest BCUT2D eigenvalue weighted by atomic mass is 19.1. The minimum absolute atomic E-state index is 0.257. The van der Waals surface area contributed by atoms with Crippen LogP contribution in [0.3, 0.4) is 0 Å². The lowest BCUT2D eigenvalue weighted by Gasteiger charge is -2.13. The van der Waals surface area contributed by atoms with Crippen LogP contribution in [0.1, 0.15) is 24.5 Å². The van der Waals surface area contributed by atoms with Gasteiger partial charge in [-0.15, -0.1) is 0 Å². The van der Waals surface area contributed by atoms with E-state index in [1.54, 1.807) is 6.92 Å². The van der Waals surface area contributed by atoms with Gasteiger partial charge in [-0.2, -0.15) is 0 Å². The number of halogens is 2. The molecule has 3 heteroatoms. The smallest absolute Gasteiger partial charge is 0.127 e. The Balaban J connectivity index is 2.42. The molecular formula is C12H15F2N. The van der Waals surface area contributed by atoms with Crippen molar-refractivity contribution in [1.29, 1.82) is 0 Å². The van der Waals surface area contributed by atoms with E-state index in [0.29, 0.717) is 17.7 Å². The second-order valence-electron chi connectivity index (χ2n) is 4.64. The van der Waals surface area contributed by atoms with Crippen LogP contribution in [0, 0.1) is 24.5 Å². The molecule has 1 aromatic rings. The van der Waals surface area contributed by atoms with Crippen molar-refractivity contribution in [1.82, 2.24) is 0 Å². The number of hydrogen-bond donors (Lipinski definition) is 1. The van der Waals surface area contributed by atoms with Gasteiger partial charge in [-0.3, -0.25) is 0 Å². The van der Waals surface area contributed by atoms with Gasteiger partial charge in [-0.25, -0.2) is 8.78 Å². The first-order chi connectivity index (χ1) is 6.99. The van der Waals surface area contributed by atoms with E-state index in [1.165, 1.54) is 12.1 Å². The molecule has 0 spiro atoms. The highest BCUT2D eigenvalue weighted by Crippen LogP contribution is 2.54. The Hall–Kier alpha value is -0.960. The van der Waals surface area contributed by atoms with E-state index in [0.717, 1.165) is 6.42 Å². The van der Waals surface area contributed by atoms with Crippen molar-refractivity contribution >= 4 is 0 Å². The fourth-order valence-corrected chi connectivity index (χ4v) is 2.21. The fraction of sp³-hybridized carbons (Fsp3) is 0.500. The average Bonchev–Trinajstić information content (AvgIpc) is 2.84. The number of nitrogens with two attached hydrogens (primary N) is 1. The van der Waals surface area contributed by atoms with Crippen LogP contribution in [0.5, 0.6) is 0 Å². The van der Waals surface area contributed by atoms with Gasteiger partial charge < -0.3 is 5.73 Å². The van der Waals surface area contributed by atoms with Gasteiger partial charge in [-0.1, -0.05) is 6.92 Å². The number of rotatable bonds is 2. The maximum atomic E-state index is 13.7. The van der Waals surface area contributed by atoms with Crippen molar-refractivity contribution in [2.24, 2.45) is 11.7 Å². The monoisotopic (exact) mass is 211 g/mol. The van der Waals surface area contributed by atoms with Gasteiger partial charge >= 0.3 is 0 Å². The molecule has 15 heavy (non-hydrogen) atoms. The predicted molar refractivity (Wildman–Crippen MR) is 55.6 cm³/mol. The molecule has 1 aromatic carbocycles. The topological polar surface area (TPSA) is 26.0 Å². The van der Waals surface area contributed by atoms with Gasteiger partial charge in [0.25, 0.3) is 0 Å². The van der Waals surface area contributed by atoms with Crippen molar-refractivity contribution in [3.05, 3.63) is 34.9 Å². The minimum Gasteiger partial charge on any atom is -0.330 e. The van der Waals surface area contributed by atoms with Crippen molar-refractivity contribution in [3.63, 3.8) is 0 Å². The molecule has 2 N–H and O–H groups in total. The SMILES string of the molecule is Cc1cc(F)c(C2(C)CC2CN)cc1F. The summed E-state index contributed by atoms with van der Waals surface area (Å²) in [5, 5.41) is 0. The van der Waals surface area contributed by atoms with E-state index in [1.807, 2.05) is 6.92 Å². The molecule has 0 saturated heterocycles. The van der Waals surface area contributed by atoms with Gasteiger partial charge in [0.15, 0.2) is 0 Å². The van der Waals surface area contributed by atoms with Crippen LogP contribution in [0.15, 0.2) is 12.1 Å². The van der Waals surface area contributed by atoms with Crippen LogP contribution in [0.25, 0.3) is 0 Å². The molecule has 0 bridgehead atoms. The third-order valence-electron chi connectivity index (χ3n) is 3.56. The molecule has 1 nitrogen and oxygen atoms in total. The van der Waals surface area contributed by atoms with E-state index in [-0.39, 0.29) is 23.0 Å². The Morgan fingerprint density at radius 2 is 2.07 bits per heavy atom. The summed E-state index contributed by atoms with van der Waals surface area (Å²) in [5.74, 6) is -0.364. The lowest BCUT2D eigenvalue weighted by molar-refractivity contribution is 0.545. The molecule has 2 rings (SSSR count). The van der Waals surface area contributed by atoms with E-state index >= 15 is 0 Å². The second-order valence-corrected chi connectivity index (χ2v) is 4.64. The Morgan fingerprint density at radius 1 is 1.40 bits per heavy atom. The summed E-state index contributed by atoms with van der Waals surface area (Å²) in [6, 6.07) is 2.59.